The van der Waals surface area contributed by atoms with E-state index < -0.39 is 0 Å². The number of benzene rings is 2. The van der Waals surface area contributed by atoms with Gasteiger partial charge in [0, 0.05) is 11.3 Å². The molecule has 5 heteroatoms. The lowest BCUT2D eigenvalue weighted by Crippen LogP contribution is -2.11. The smallest absolute Gasteiger partial charge is 0.255 e. The van der Waals surface area contributed by atoms with Crippen LogP contribution in [0.1, 0.15) is 21.5 Å². The number of nitrogens with one attached hydrogen (secondary N) is 1. The molecule has 0 saturated heterocycles. The van der Waals surface area contributed by atoms with Crippen molar-refractivity contribution in [3.8, 4) is 6.07 Å². The minimum Gasteiger partial charge on any atom is -0.322 e. The van der Waals surface area contributed by atoms with Gasteiger partial charge in [0.15, 0.2) is 8.46 Å². The molecular formula is C15H11N2O2P. The average Bonchev–Trinajstić information content (AvgIpc) is 2.49. The Balaban J connectivity index is 2.07. The zero-order valence-electron chi connectivity index (χ0n) is 10.5. The summed E-state index contributed by atoms with van der Waals surface area (Å²) >= 11 is 0. The van der Waals surface area contributed by atoms with Gasteiger partial charge in [0.1, 0.15) is 0 Å². The molecule has 2 rings (SSSR count). The zero-order valence-corrected chi connectivity index (χ0v) is 11.4. The molecule has 1 amide bonds. The van der Waals surface area contributed by atoms with Crippen molar-refractivity contribution in [2.45, 2.75) is 6.16 Å². The predicted octanol–water partition coefficient (Wildman–Crippen LogP) is 3.60. The molecule has 0 aliphatic rings. The van der Waals surface area contributed by atoms with Crippen molar-refractivity contribution in [3.05, 3.63) is 65.2 Å². The van der Waals surface area contributed by atoms with E-state index in [1.54, 1.807) is 48.5 Å². The van der Waals surface area contributed by atoms with E-state index in [1.165, 1.54) is 0 Å². The van der Waals surface area contributed by atoms with Gasteiger partial charge in [-0.25, -0.2) is 0 Å². The van der Waals surface area contributed by atoms with Crippen LogP contribution in [0, 0.1) is 11.3 Å². The van der Waals surface area contributed by atoms with Gasteiger partial charge in [-0.3, -0.25) is 9.36 Å². The first-order chi connectivity index (χ1) is 9.72. The molecule has 0 aliphatic carbocycles. The Morgan fingerprint density at radius 2 is 1.75 bits per heavy atom. The molecule has 1 N–H and O–H groups in total. The van der Waals surface area contributed by atoms with Crippen LogP contribution in [-0.4, -0.2) is 5.91 Å². The molecule has 0 bridgehead atoms. The number of amides is 1. The Labute approximate surface area is 118 Å². The molecule has 2 aromatic rings. The summed E-state index contributed by atoms with van der Waals surface area (Å²) in [7, 11) is 0.0621. The van der Waals surface area contributed by atoms with Gasteiger partial charge in [-0.15, -0.1) is 0 Å². The Morgan fingerprint density at radius 3 is 2.30 bits per heavy atom. The number of carbonyl (C=O) groups excluding carboxylic acids is 1. The van der Waals surface area contributed by atoms with Crippen LogP contribution >= 0.6 is 8.46 Å². The van der Waals surface area contributed by atoms with Gasteiger partial charge in [0.05, 0.1) is 17.8 Å². The van der Waals surface area contributed by atoms with E-state index in [2.05, 4.69) is 5.32 Å². The topological polar surface area (TPSA) is 70.0 Å². The van der Waals surface area contributed by atoms with Crippen LogP contribution in [0.2, 0.25) is 0 Å². The first-order valence-electron chi connectivity index (χ1n) is 5.92. The van der Waals surface area contributed by atoms with E-state index in [0.29, 0.717) is 23.0 Å². The highest BCUT2D eigenvalue weighted by molar-refractivity contribution is 7.22. The zero-order chi connectivity index (χ0) is 14.4. The van der Waals surface area contributed by atoms with E-state index in [9.17, 15) is 9.36 Å². The van der Waals surface area contributed by atoms with Gasteiger partial charge < -0.3 is 5.32 Å². The molecule has 0 heterocycles. The number of rotatable bonds is 4. The van der Waals surface area contributed by atoms with Crippen LogP contribution in [0.15, 0.2) is 48.5 Å². The second kappa shape index (κ2) is 6.60. The molecule has 2 aromatic carbocycles. The van der Waals surface area contributed by atoms with Gasteiger partial charge in [0.2, 0.25) is 0 Å². The summed E-state index contributed by atoms with van der Waals surface area (Å²) in [5.41, 5.74) is 2.62. The van der Waals surface area contributed by atoms with Gasteiger partial charge >= 0.3 is 0 Å². The van der Waals surface area contributed by atoms with Crippen molar-refractivity contribution in [2.75, 3.05) is 5.32 Å². The quantitative estimate of drug-likeness (QED) is 0.871. The molecule has 0 radical (unpaired) electrons. The number of hydrogen-bond acceptors (Lipinski definition) is 3. The second-order valence-corrected chi connectivity index (χ2v) is 4.70. The van der Waals surface area contributed by atoms with E-state index in [4.69, 9.17) is 5.26 Å². The maximum Gasteiger partial charge on any atom is 0.255 e. The monoisotopic (exact) mass is 282 g/mol. The summed E-state index contributed by atoms with van der Waals surface area (Å²) < 4.78 is 10.5. The van der Waals surface area contributed by atoms with Crippen molar-refractivity contribution in [3.63, 3.8) is 0 Å². The van der Waals surface area contributed by atoms with E-state index >= 15 is 0 Å². The van der Waals surface area contributed by atoms with Crippen LogP contribution < -0.4 is 5.32 Å². The molecule has 0 aromatic heterocycles. The molecule has 0 spiro atoms. The van der Waals surface area contributed by atoms with Crippen LogP contribution in [0.5, 0.6) is 0 Å². The number of nitrogens with zero attached hydrogens (tertiary/aromatic N) is 1. The van der Waals surface area contributed by atoms with Crippen molar-refractivity contribution in [1.82, 2.24) is 0 Å². The van der Waals surface area contributed by atoms with Crippen LogP contribution in [0.25, 0.3) is 0 Å². The maximum atomic E-state index is 12.0. The van der Waals surface area contributed by atoms with Gasteiger partial charge in [0.25, 0.3) is 5.91 Å². The van der Waals surface area contributed by atoms with Crippen molar-refractivity contribution < 1.29 is 9.36 Å². The SMILES string of the molecule is N#Cc1ccc(NC(=O)c2ccc(CP=O)cc2)cc1. The fraction of sp³-hybridized carbons (Fsp3) is 0.0667. The third kappa shape index (κ3) is 3.50. The predicted molar refractivity (Wildman–Crippen MR) is 76.9 cm³/mol. The van der Waals surface area contributed by atoms with Gasteiger partial charge in [-0.1, -0.05) is 12.1 Å². The first-order valence-corrected chi connectivity index (χ1v) is 6.92. The molecule has 0 unspecified atom stereocenters. The van der Waals surface area contributed by atoms with Crippen molar-refractivity contribution in [1.29, 1.82) is 5.26 Å². The molecular weight excluding hydrogens is 271 g/mol. The fourth-order valence-electron chi connectivity index (χ4n) is 1.67. The van der Waals surface area contributed by atoms with Crippen molar-refractivity contribution >= 4 is 20.1 Å². The summed E-state index contributed by atoms with van der Waals surface area (Å²) in [6, 6.07) is 15.6. The minimum atomic E-state index is -0.221. The molecule has 0 atom stereocenters. The normalized spacial score (nSPS) is 9.95. The van der Waals surface area contributed by atoms with Crippen molar-refractivity contribution in [2.24, 2.45) is 0 Å². The Kier molecular flexibility index (Phi) is 4.60. The van der Waals surface area contributed by atoms with E-state index in [-0.39, 0.29) is 14.4 Å². The second-order valence-electron chi connectivity index (χ2n) is 4.13. The molecule has 0 aliphatic heterocycles. The number of anilines is 1. The summed E-state index contributed by atoms with van der Waals surface area (Å²) in [4.78, 5) is 12.0. The van der Waals surface area contributed by atoms with Gasteiger partial charge in [-0.05, 0) is 42.0 Å². The third-order valence-corrected chi connectivity index (χ3v) is 3.23. The highest BCUT2D eigenvalue weighted by Crippen LogP contribution is 2.13. The summed E-state index contributed by atoms with van der Waals surface area (Å²) in [5, 5.41) is 11.4. The van der Waals surface area contributed by atoms with Crippen LogP contribution in [0.4, 0.5) is 5.69 Å². The third-order valence-electron chi connectivity index (χ3n) is 2.74. The lowest BCUT2D eigenvalue weighted by Gasteiger charge is -2.05. The van der Waals surface area contributed by atoms with E-state index in [1.807, 2.05) is 6.07 Å². The van der Waals surface area contributed by atoms with Gasteiger partial charge in [-0.2, -0.15) is 5.26 Å². The highest BCUT2D eigenvalue weighted by Gasteiger charge is 2.06. The minimum absolute atomic E-state index is 0.0621. The lowest BCUT2D eigenvalue weighted by atomic mass is 10.1. The summed E-state index contributed by atoms with van der Waals surface area (Å²) in [5.74, 6) is -0.221. The Hall–Kier alpha value is -2.50. The summed E-state index contributed by atoms with van der Waals surface area (Å²) in [6.45, 7) is 0. The standard InChI is InChI=1S/C15H11N2O2P/c16-9-11-3-7-14(8-4-11)17-15(18)13-5-1-12(2-6-13)10-20-19/h1-8H,10H2,(H,17,18). The van der Waals surface area contributed by atoms with E-state index in [0.717, 1.165) is 5.56 Å². The molecule has 20 heavy (non-hydrogen) atoms. The highest BCUT2D eigenvalue weighted by atomic mass is 31.1. The molecule has 0 saturated carbocycles. The molecule has 0 fully saturated rings. The number of carbonyl (C=O) groups is 1. The lowest BCUT2D eigenvalue weighted by molar-refractivity contribution is 0.102. The largest absolute Gasteiger partial charge is 0.322 e. The Morgan fingerprint density at radius 1 is 1.10 bits per heavy atom. The number of hydrogen-bond donors (Lipinski definition) is 1. The number of nitriles is 1. The first kappa shape index (κ1) is 13.9. The van der Waals surface area contributed by atoms with Crippen LogP contribution in [0.3, 0.4) is 0 Å². The average molecular weight is 282 g/mol. The summed E-state index contributed by atoms with van der Waals surface area (Å²) in [6.07, 6.45) is 0.442. The Bertz CT molecular complexity index is 658. The van der Waals surface area contributed by atoms with Crippen LogP contribution in [-0.2, 0) is 10.7 Å². The molecule has 98 valence electrons. The maximum absolute atomic E-state index is 12.0. The molecule has 4 nitrogen and oxygen atoms in total. The fourth-order valence-corrected chi connectivity index (χ4v) is 2.03.